The molecule has 0 spiro atoms. The average Bonchev–Trinajstić information content (AvgIpc) is 3.37. The van der Waals surface area contributed by atoms with E-state index in [9.17, 15) is 0 Å². The first-order valence-electron chi connectivity index (χ1n) is 7.87. The molecule has 123 valence electrons. The summed E-state index contributed by atoms with van der Waals surface area (Å²) in [5.74, 6) is 1.23. The van der Waals surface area contributed by atoms with Crippen LogP contribution in [0.4, 0.5) is 11.4 Å². The Bertz CT molecular complexity index is 734. The Labute approximate surface area is 160 Å². The van der Waals surface area contributed by atoms with E-state index >= 15 is 0 Å². The van der Waals surface area contributed by atoms with Crippen LogP contribution in [-0.2, 0) is 17.1 Å². The minimum Gasteiger partial charge on any atom is -0.231 e. The van der Waals surface area contributed by atoms with Gasteiger partial charge >= 0.3 is 17.1 Å². The first-order valence-corrected chi connectivity index (χ1v) is 7.87. The van der Waals surface area contributed by atoms with Gasteiger partial charge in [-0.2, -0.15) is 28.4 Å². The fourth-order valence-corrected chi connectivity index (χ4v) is 2.22. The molecule has 0 heterocycles. The molecule has 0 unspecified atom stereocenters. The third-order valence-electron chi connectivity index (χ3n) is 3.46. The Balaban J connectivity index is 0.000000325. The van der Waals surface area contributed by atoms with Gasteiger partial charge in [0, 0.05) is 0 Å². The normalized spacial score (nSPS) is 13.0. The third-order valence-corrected chi connectivity index (χ3v) is 3.46. The van der Waals surface area contributed by atoms with Crippen molar-refractivity contribution in [3.8, 4) is 0 Å². The second kappa shape index (κ2) is 10.4. The van der Waals surface area contributed by atoms with Crippen molar-refractivity contribution in [2.45, 2.75) is 0 Å². The zero-order chi connectivity index (χ0) is 16.5. The molecule has 0 bridgehead atoms. The van der Waals surface area contributed by atoms with Crippen LogP contribution < -0.4 is 0 Å². The predicted molar refractivity (Wildman–Crippen MR) is 99.2 cm³/mol. The molecular weight excluding hydrogens is 348 g/mol. The molecule has 2 nitrogen and oxygen atoms in total. The third kappa shape index (κ3) is 6.15. The Morgan fingerprint density at radius 1 is 0.680 bits per heavy atom. The van der Waals surface area contributed by atoms with Crippen LogP contribution in [0.25, 0.3) is 0 Å². The van der Waals surface area contributed by atoms with Gasteiger partial charge in [-0.3, -0.25) is 0 Å². The maximum Gasteiger partial charge on any atom is 3.00 e. The van der Waals surface area contributed by atoms with Gasteiger partial charge in [-0.05, 0) is 24.3 Å². The van der Waals surface area contributed by atoms with Crippen LogP contribution in [0.2, 0.25) is 0 Å². The van der Waals surface area contributed by atoms with E-state index in [0.29, 0.717) is 0 Å². The molecule has 25 heavy (non-hydrogen) atoms. The summed E-state index contributed by atoms with van der Waals surface area (Å²) in [6.07, 6.45) is 8.28. The second-order valence-electron chi connectivity index (χ2n) is 5.22. The zero-order valence-electron chi connectivity index (χ0n) is 13.6. The number of rotatable bonds is 3. The second-order valence-corrected chi connectivity index (χ2v) is 5.22. The summed E-state index contributed by atoms with van der Waals surface area (Å²) in [5, 5.41) is 8.42. The number of azo groups is 1. The van der Waals surface area contributed by atoms with Gasteiger partial charge in [-0.25, -0.2) is 30.7 Å². The molecule has 3 radical (unpaired) electrons. The van der Waals surface area contributed by atoms with Crippen LogP contribution in [0.5, 0.6) is 0 Å². The Morgan fingerprint density at radius 2 is 1.32 bits per heavy atom. The van der Waals surface area contributed by atoms with Gasteiger partial charge in [0.15, 0.2) is 0 Å². The van der Waals surface area contributed by atoms with Crippen molar-refractivity contribution in [2.24, 2.45) is 10.2 Å². The van der Waals surface area contributed by atoms with Crippen molar-refractivity contribution in [3.05, 3.63) is 121 Å². The van der Waals surface area contributed by atoms with Crippen molar-refractivity contribution in [2.75, 3.05) is 0 Å². The van der Waals surface area contributed by atoms with Crippen molar-refractivity contribution >= 4 is 11.4 Å². The van der Waals surface area contributed by atoms with E-state index in [1.54, 1.807) is 0 Å². The summed E-state index contributed by atoms with van der Waals surface area (Å²) in [6.45, 7) is 0. The Hall–Kier alpha value is -2.48. The van der Waals surface area contributed by atoms with Crippen LogP contribution in [0.1, 0.15) is 5.56 Å². The SMILES string of the molecule is [CH]1C=C[CH-][C]1c1ccc(N=Nc2ccccc2)cc1.[Fe+3].c1cc[cH-]c1. The molecule has 3 heteroatoms. The molecule has 0 saturated heterocycles. The topological polar surface area (TPSA) is 24.7 Å². The van der Waals surface area contributed by atoms with Gasteiger partial charge in [0.05, 0.1) is 11.4 Å². The maximum atomic E-state index is 4.22. The molecule has 0 atom stereocenters. The molecule has 4 rings (SSSR count). The van der Waals surface area contributed by atoms with Gasteiger partial charge in [-0.1, -0.05) is 41.8 Å². The molecule has 0 saturated carbocycles. The number of allylic oxidation sites excluding steroid dienone is 2. The van der Waals surface area contributed by atoms with E-state index in [4.69, 9.17) is 0 Å². The van der Waals surface area contributed by atoms with E-state index in [2.05, 4.69) is 35.2 Å². The van der Waals surface area contributed by atoms with Gasteiger partial charge in [0.1, 0.15) is 0 Å². The van der Waals surface area contributed by atoms with Crippen LogP contribution in [-0.4, -0.2) is 0 Å². The summed E-state index contributed by atoms with van der Waals surface area (Å²) in [7, 11) is 0. The van der Waals surface area contributed by atoms with E-state index in [-0.39, 0.29) is 17.1 Å². The molecule has 0 fully saturated rings. The average molecular weight is 366 g/mol. The van der Waals surface area contributed by atoms with Gasteiger partial charge in [0.2, 0.25) is 0 Å². The van der Waals surface area contributed by atoms with E-state index in [0.717, 1.165) is 11.4 Å². The van der Waals surface area contributed by atoms with Gasteiger partial charge in [-0.15, -0.1) is 6.42 Å². The number of hydrogen-bond acceptors (Lipinski definition) is 2. The summed E-state index contributed by atoms with van der Waals surface area (Å²) < 4.78 is 0. The standard InChI is InChI=1S/C17H13N2.C5H5.Fe/c1-2-8-16(9-3-1)18-19-17-12-10-15(11-13-17)14-6-4-5-7-14;1-2-4-5-3-1;/h1-13H;1-5H;/q2*-1;+3. The Kier molecular flexibility index (Phi) is 7.84. The molecule has 0 aromatic heterocycles. The van der Waals surface area contributed by atoms with E-state index < -0.39 is 0 Å². The maximum absolute atomic E-state index is 4.22. The molecule has 0 aliphatic heterocycles. The summed E-state index contributed by atoms with van der Waals surface area (Å²) in [5.41, 5.74) is 2.92. The predicted octanol–water partition coefficient (Wildman–Crippen LogP) is 6.41. The molecule has 3 aromatic carbocycles. The van der Waals surface area contributed by atoms with Crippen molar-refractivity contribution in [1.82, 2.24) is 0 Å². The first kappa shape index (κ1) is 18.9. The largest absolute Gasteiger partial charge is 3.00 e. The summed E-state index contributed by atoms with van der Waals surface area (Å²) >= 11 is 0. The monoisotopic (exact) mass is 366 g/mol. The van der Waals surface area contributed by atoms with Crippen LogP contribution >= 0.6 is 0 Å². The quantitative estimate of drug-likeness (QED) is 0.291. The number of hydrogen-bond donors (Lipinski definition) is 0. The van der Waals surface area contributed by atoms with Crippen LogP contribution in [0, 0.1) is 18.8 Å². The van der Waals surface area contributed by atoms with Crippen LogP contribution in [0.15, 0.2) is 107 Å². The van der Waals surface area contributed by atoms with Gasteiger partial charge in [0.25, 0.3) is 0 Å². The zero-order valence-corrected chi connectivity index (χ0v) is 14.7. The van der Waals surface area contributed by atoms with Crippen molar-refractivity contribution < 1.29 is 17.1 Å². The van der Waals surface area contributed by atoms with E-state index in [1.807, 2.05) is 84.9 Å². The van der Waals surface area contributed by atoms with Gasteiger partial charge < -0.3 is 0 Å². The summed E-state index contributed by atoms with van der Waals surface area (Å²) in [4.78, 5) is 0. The molecule has 3 aromatic rings. The molecule has 0 N–H and O–H groups in total. The Morgan fingerprint density at radius 3 is 1.84 bits per heavy atom. The number of nitrogens with zero attached hydrogens (tertiary/aromatic N) is 2. The smallest absolute Gasteiger partial charge is 0.231 e. The van der Waals surface area contributed by atoms with Crippen molar-refractivity contribution in [1.29, 1.82) is 0 Å². The first-order chi connectivity index (χ1) is 11.9. The molecule has 1 aliphatic rings. The van der Waals surface area contributed by atoms with Crippen LogP contribution in [0.3, 0.4) is 0 Å². The molecular formula is C22H18FeN2+. The number of benzene rings is 2. The van der Waals surface area contributed by atoms with Crippen molar-refractivity contribution in [3.63, 3.8) is 0 Å². The molecule has 0 amide bonds. The molecule has 1 aliphatic carbocycles. The summed E-state index contributed by atoms with van der Waals surface area (Å²) in [6, 6.07) is 27.8. The minimum atomic E-state index is 0. The fraction of sp³-hybridized carbons (Fsp3) is 0. The fourth-order valence-electron chi connectivity index (χ4n) is 2.22. The van der Waals surface area contributed by atoms with E-state index in [1.165, 1.54) is 11.5 Å². The minimum absolute atomic E-state index is 0.